The first-order valence-electron chi connectivity index (χ1n) is 6.89. The minimum atomic E-state index is -0.866. The molecule has 19 heavy (non-hydrogen) atoms. The molecule has 104 valence electrons. The van der Waals surface area contributed by atoms with Crippen LogP contribution in [0.3, 0.4) is 0 Å². The average Bonchev–Trinajstić information content (AvgIpc) is 2.43. The summed E-state index contributed by atoms with van der Waals surface area (Å²) in [6, 6.07) is 3.74. The molecule has 2 rings (SSSR count). The van der Waals surface area contributed by atoms with Gasteiger partial charge < -0.3 is 9.31 Å². The predicted octanol–water partition coefficient (Wildman–Crippen LogP) is 2.90. The third kappa shape index (κ3) is 4.01. The van der Waals surface area contributed by atoms with Crippen LogP contribution < -0.4 is 5.46 Å². The first-order valence-corrected chi connectivity index (χ1v) is 6.89. The Morgan fingerprint density at radius 1 is 1.16 bits per heavy atom. The number of hydrogen-bond donors (Lipinski definition) is 0. The van der Waals surface area contributed by atoms with E-state index >= 15 is 0 Å². The topological polar surface area (TPSA) is 18.5 Å². The highest BCUT2D eigenvalue weighted by atomic mass is 19.2. The van der Waals surface area contributed by atoms with Crippen LogP contribution in [0.4, 0.5) is 8.78 Å². The molecule has 0 aliphatic carbocycles. The van der Waals surface area contributed by atoms with Crippen molar-refractivity contribution in [3.63, 3.8) is 0 Å². The van der Waals surface area contributed by atoms with Crippen molar-refractivity contribution < 1.29 is 18.1 Å². The van der Waals surface area contributed by atoms with Crippen LogP contribution in [0.1, 0.15) is 32.6 Å². The summed E-state index contributed by atoms with van der Waals surface area (Å²) in [4.78, 5) is 0. The number of hydrogen-bond acceptors (Lipinski definition) is 2. The van der Waals surface area contributed by atoms with E-state index in [1.165, 1.54) is 25.3 Å². The Hall–Kier alpha value is -0.935. The normalized spacial score (nSPS) is 16.9. The highest BCUT2D eigenvalue weighted by molar-refractivity contribution is 6.61. The standard InChI is InChI=1S/C14H19BF2O2/c1-2-3-4-5-11-9-18-15(19-10-11)12-6-7-13(16)14(17)8-12/h6-8,11H,2-5,9-10H2,1H3. The lowest BCUT2D eigenvalue weighted by atomic mass is 9.77. The fraction of sp³-hybridized carbons (Fsp3) is 0.571. The monoisotopic (exact) mass is 268 g/mol. The fourth-order valence-electron chi connectivity index (χ4n) is 2.24. The van der Waals surface area contributed by atoms with Crippen LogP contribution in [0.2, 0.25) is 0 Å². The minimum absolute atomic E-state index is 0.410. The van der Waals surface area contributed by atoms with Gasteiger partial charge in [-0.15, -0.1) is 0 Å². The molecular weight excluding hydrogens is 249 g/mol. The third-order valence-electron chi connectivity index (χ3n) is 3.40. The number of unbranched alkanes of at least 4 members (excludes halogenated alkanes) is 2. The van der Waals surface area contributed by atoms with E-state index in [4.69, 9.17) is 9.31 Å². The SMILES string of the molecule is CCCCCC1COB(c2ccc(F)c(F)c2)OC1. The molecule has 0 N–H and O–H groups in total. The van der Waals surface area contributed by atoms with Gasteiger partial charge in [0.25, 0.3) is 0 Å². The third-order valence-corrected chi connectivity index (χ3v) is 3.40. The highest BCUT2D eigenvalue weighted by Crippen LogP contribution is 2.16. The second kappa shape index (κ2) is 7.01. The molecular formula is C14H19BF2O2. The Bertz CT molecular complexity index is 406. The van der Waals surface area contributed by atoms with Crippen LogP contribution >= 0.6 is 0 Å². The molecule has 1 aliphatic heterocycles. The number of benzene rings is 1. The maximum atomic E-state index is 13.1. The van der Waals surface area contributed by atoms with Crippen LogP contribution in [0.25, 0.3) is 0 Å². The van der Waals surface area contributed by atoms with Gasteiger partial charge in [0.15, 0.2) is 11.6 Å². The second-order valence-corrected chi connectivity index (χ2v) is 5.03. The van der Waals surface area contributed by atoms with E-state index in [9.17, 15) is 8.78 Å². The van der Waals surface area contributed by atoms with E-state index in [-0.39, 0.29) is 0 Å². The van der Waals surface area contributed by atoms with Gasteiger partial charge in [-0.05, 0) is 24.0 Å². The van der Waals surface area contributed by atoms with Gasteiger partial charge >= 0.3 is 7.12 Å². The summed E-state index contributed by atoms with van der Waals surface area (Å²) in [6.07, 6.45) is 4.71. The van der Waals surface area contributed by atoms with Gasteiger partial charge in [-0.25, -0.2) is 8.78 Å². The Morgan fingerprint density at radius 3 is 2.53 bits per heavy atom. The molecule has 0 bridgehead atoms. The first kappa shape index (κ1) is 14.5. The lowest BCUT2D eigenvalue weighted by Crippen LogP contribution is -2.44. The van der Waals surface area contributed by atoms with Crippen LogP contribution in [0.5, 0.6) is 0 Å². The quantitative estimate of drug-likeness (QED) is 0.604. The molecule has 0 radical (unpaired) electrons. The van der Waals surface area contributed by atoms with Crippen LogP contribution in [0.15, 0.2) is 18.2 Å². The summed E-state index contributed by atoms with van der Waals surface area (Å²) >= 11 is 0. The number of halogens is 2. The van der Waals surface area contributed by atoms with E-state index in [1.807, 2.05) is 0 Å². The molecule has 1 aromatic carbocycles. The van der Waals surface area contributed by atoms with Gasteiger partial charge in [-0.1, -0.05) is 32.3 Å². The van der Waals surface area contributed by atoms with Crippen molar-refractivity contribution in [3.8, 4) is 0 Å². The van der Waals surface area contributed by atoms with Crippen molar-refractivity contribution in [2.24, 2.45) is 5.92 Å². The Labute approximate surface area is 113 Å². The van der Waals surface area contributed by atoms with E-state index in [0.29, 0.717) is 24.6 Å². The molecule has 1 aliphatic rings. The summed E-state index contributed by atoms with van der Waals surface area (Å²) in [5.41, 5.74) is 0.533. The molecule has 1 fully saturated rings. The lowest BCUT2D eigenvalue weighted by molar-refractivity contribution is 0.0810. The van der Waals surface area contributed by atoms with Crippen LogP contribution in [-0.4, -0.2) is 20.3 Å². The average molecular weight is 268 g/mol. The molecule has 5 heteroatoms. The zero-order valence-electron chi connectivity index (χ0n) is 11.2. The molecule has 1 aromatic rings. The Morgan fingerprint density at radius 2 is 1.89 bits per heavy atom. The van der Waals surface area contributed by atoms with Crippen molar-refractivity contribution in [2.75, 3.05) is 13.2 Å². The second-order valence-electron chi connectivity index (χ2n) is 5.03. The van der Waals surface area contributed by atoms with Gasteiger partial charge in [-0.2, -0.15) is 0 Å². The molecule has 0 saturated carbocycles. The van der Waals surface area contributed by atoms with Gasteiger partial charge in [-0.3, -0.25) is 0 Å². The summed E-state index contributed by atoms with van der Waals surface area (Å²) in [5, 5.41) is 0. The maximum Gasteiger partial charge on any atom is 0.493 e. The van der Waals surface area contributed by atoms with Crippen molar-refractivity contribution in [3.05, 3.63) is 29.8 Å². The molecule has 0 aromatic heterocycles. The molecule has 1 heterocycles. The smallest absolute Gasteiger partial charge is 0.407 e. The molecule has 0 spiro atoms. The zero-order valence-corrected chi connectivity index (χ0v) is 11.2. The van der Waals surface area contributed by atoms with Gasteiger partial charge in [0, 0.05) is 19.1 Å². The molecule has 0 amide bonds. The zero-order chi connectivity index (χ0) is 13.7. The molecule has 1 saturated heterocycles. The van der Waals surface area contributed by atoms with E-state index in [1.54, 1.807) is 0 Å². The van der Waals surface area contributed by atoms with Gasteiger partial charge in [0.1, 0.15) is 0 Å². The van der Waals surface area contributed by atoms with Crippen molar-refractivity contribution >= 4 is 12.6 Å². The van der Waals surface area contributed by atoms with E-state index < -0.39 is 18.8 Å². The van der Waals surface area contributed by atoms with Gasteiger partial charge in [0.05, 0.1) is 0 Å². The highest BCUT2D eigenvalue weighted by Gasteiger charge is 2.29. The van der Waals surface area contributed by atoms with Crippen LogP contribution in [0, 0.1) is 17.6 Å². The molecule has 0 atom stereocenters. The van der Waals surface area contributed by atoms with Crippen molar-refractivity contribution in [2.45, 2.75) is 32.6 Å². The van der Waals surface area contributed by atoms with Crippen LogP contribution in [-0.2, 0) is 9.31 Å². The predicted molar refractivity (Wildman–Crippen MR) is 71.3 cm³/mol. The van der Waals surface area contributed by atoms with Gasteiger partial charge in [0.2, 0.25) is 0 Å². The fourth-order valence-corrected chi connectivity index (χ4v) is 2.24. The summed E-state index contributed by atoms with van der Waals surface area (Å²) in [5.74, 6) is -1.31. The lowest BCUT2D eigenvalue weighted by Gasteiger charge is -2.27. The number of rotatable bonds is 5. The van der Waals surface area contributed by atoms with Crippen molar-refractivity contribution in [1.82, 2.24) is 0 Å². The molecule has 0 unspecified atom stereocenters. The Kier molecular flexibility index (Phi) is 5.34. The van der Waals surface area contributed by atoms with E-state index in [2.05, 4.69) is 6.92 Å². The first-order chi connectivity index (χ1) is 9.20. The van der Waals surface area contributed by atoms with E-state index in [0.717, 1.165) is 18.6 Å². The minimum Gasteiger partial charge on any atom is -0.407 e. The summed E-state index contributed by atoms with van der Waals surface area (Å²) in [7, 11) is -0.572. The summed E-state index contributed by atoms with van der Waals surface area (Å²) < 4.78 is 37.2. The Balaban J connectivity index is 1.84. The van der Waals surface area contributed by atoms with Crippen molar-refractivity contribution in [1.29, 1.82) is 0 Å². The largest absolute Gasteiger partial charge is 0.493 e. The molecule has 2 nitrogen and oxygen atoms in total. The maximum absolute atomic E-state index is 13.1. The summed E-state index contributed by atoms with van der Waals surface area (Å²) in [6.45, 7) is 3.41.